The fourth-order valence-corrected chi connectivity index (χ4v) is 3.84. The summed E-state index contributed by atoms with van der Waals surface area (Å²) in [7, 11) is -3.46. The van der Waals surface area contributed by atoms with Crippen molar-refractivity contribution in [2.75, 3.05) is 11.1 Å². The zero-order valence-electron chi connectivity index (χ0n) is 16.9. The van der Waals surface area contributed by atoms with E-state index in [0.29, 0.717) is 23.2 Å². The van der Waals surface area contributed by atoms with Crippen LogP contribution in [0.3, 0.4) is 0 Å². The number of anilines is 1. The summed E-state index contributed by atoms with van der Waals surface area (Å²) in [4.78, 5) is 12.3. The van der Waals surface area contributed by atoms with Gasteiger partial charge in [-0.2, -0.15) is 0 Å². The molecule has 160 valence electrons. The molecule has 0 radical (unpaired) electrons. The molecule has 3 N–H and O–H groups in total. The number of carbonyl (C=O) groups excluding carboxylic acids is 1. The van der Waals surface area contributed by atoms with E-state index in [1.54, 1.807) is 36.4 Å². The molecule has 1 amide bonds. The zero-order chi connectivity index (χ0) is 22.4. The molecule has 0 aliphatic rings. The van der Waals surface area contributed by atoms with Crippen LogP contribution in [-0.2, 0) is 16.3 Å². The van der Waals surface area contributed by atoms with Crippen molar-refractivity contribution in [1.29, 1.82) is 0 Å². The van der Waals surface area contributed by atoms with Crippen molar-refractivity contribution in [3.8, 4) is 11.5 Å². The Kier molecular flexibility index (Phi) is 6.77. The molecule has 0 atom stereocenters. The summed E-state index contributed by atoms with van der Waals surface area (Å²) in [6, 6.07) is 18.4. The van der Waals surface area contributed by atoms with Gasteiger partial charge in [-0.15, -0.1) is 0 Å². The molecule has 0 saturated heterocycles. The van der Waals surface area contributed by atoms with Crippen molar-refractivity contribution < 1.29 is 23.4 Å². The van der Waals surface area contributed by atoms with Crippen LogP contribution >= 0.6 is 0 Å². The van der Waals surface area contributed by atoms with E-state index in [0.717, 1.165) is 16.5 Å². The molecule has 0 heterocycles. The number of phenols is 2. The average molecular weight is 438 g/mol. The highest BCUT2D eigenvalue weighted by Gasteiger charge is 2.09. The predicted molar refractivity (Wildman–Crippen MR) is 122 cm³/mol. The number of aryl methyl sites for hydroxylation is 2. The highest BCUT2D eigenvalue weighted by Crippen LogP contribution is 2.25. The Hall–Kier alpha value is -3.58. The van der Waals surface area contributed by atoms with E-state index in [2.05, 4.69) is 5.32 Å². The molecule has 0 aliphatic heterocycles. The normalized spacial score (nSPS) is 11.5. The van der Waals surface area contributed by atoms with Gasteiger partial charge < -0.3 is 15.5 Å². The SMILES string of the molecule is Cc1ccc(C(=O)Nc2ccc(CCS(=O)(=O)/C=C/c3ccc(O)c(O)c3)cc2)cc1. The van der Waals surface area contributed by atoms with Crippen LogP contribution in [0.2, 0.25) is 0 Å². The first-order valence-electron chi connectivity index (χ1n) is 9.62. The Morgan fingerprint density at radius 2 is 1.61 bits per heavy atom. The molecule has 3 aromatic rings. The molecule has 0 aromatic heterocycles. The van der Waals surface area contributed by atoms with Gasteiger partial charge in [-0.25, -0.2) is 8.42 Å². The van der Waals surface area contributed by atoms with E-state index in [4.69, 9.17) is 0 Å². The van der Waals surface area contributed by atoms with Crippen LogP contribution in [0.15, 0.2) is 72.1 Å². The molecule has 7 heteroatoms. The van der Waals surface area contributed by atoms with Gasteiger partial charge in [-0.05, 0) is 66.9 Å². The first kappa shape index (κ1) is 22.1. The third-order valence-corrected chi connectivity index (χ3v) is 5.99. The van der Waals surface area contributed by atoms with Gasteiger partial charge in [0.15, 0.2) is 21.3 Å². The monoisotopic (exact) mass is 437 g/mol. The molecule has 0 saturated carbocycles. The molecule has 31 heavy (non-hydrogen) atoms. The molecule has 0 spiro atoms. The van der Waals surface area contributed by atoms with Crippen LogP contribution in [0.5, 0.6) is 11.5 Å². The number of carbonyl (C=O) groups is 1. The lowest BCUT2D eigenvalue weighted by Crippen LogP contribution is -2.11. The lowest BCUT2D eigenvalue weighted by Gasteiger charge is -2.07. The standard InChI is InChI=1S/C24H23NO5S/c1-17-2-7-20(8-3-17)24(28)25-21-9-4-18(5-10-21)12-14-31(29,30)15-13-19-6-11-22(26)23(27)16-19/h2-11,13,15-16,26-27H,12,14H2,1H3,(H,25,28)/b15-13+. The Bertz CT molecular complexity index is 1200. The maximum atomic E-state index is 12.3. The van der Waals surface area contributed by atoms with Crippen LogP contribution in [0.4, 0.5) is 5.69 Å². The molecular formula is C24H23NO5S. The molecule has 0 unspecified atom stereocenters. The van der Waals surface area contributed by atoms with E-state index in [9.17, 15) is 23.4 Å². The number of aromatic hydroxyl groups is 2. The number of hydrogen-bond donors (Lipinski definition) is 3. The minimum atomic E-state index is -3.46. The van der Waals surface area contributed by atoms with Crippen LogP contribution < -0.4 is 5.32 Å². The quantitative estimate of drug-likeness (QED) is 0.479. The molecule has 0 fully saturated rings. The lowest BCUT2D eigenvalue weighted by molar-refractivity contribution is 0.102. The number of amides is 1. The summed E-state index contributed by atoms with van der Waals surface area (Å²) >= 11 is 0. The Labute approximate surface area is 181 Å². The summed E-state index contributed by atoms with van der Waals surface area (Å²) < 4.78 is 24.5. The molecule has 6 nitrogen and oxygen atoms in total. The van der Waals surface area contributed by atoms with Crippen molar-refractivity contribution in [2.45, 2.75) is 13.3 Å². The second-order valence-corrected chi connectivity index (χ2v) is 9.19. The number of phenolic OH excluding ortho intramolecular Hbond substituents is 2. The highest BCUT2D eigenvalue weighted by atomic mass is 32.2. The maximum absolute atomic E-state index is 12.3. The molecule has 3 rings (SSSR count). The van der Waals surface area contributed by atoms with Gasteiger partial charge >= 0.3 is 0 Å². The van der Waals surface area contributed by atoms with Crippen molar-refractivity contribution in [3.63, 3.8) is 0 Å². The summed E-state index contributed by atoms with van der Waals surface area (Å²) in [5.74, 6) is -0.865. The van der Waals surface area contributed by atoms with Crippen molar-refractivity contribution in [1.82, 2.24) is 0 Å². The minimum absolute atomic E-state index is 0.0807. The highest BCUT2D eigenvalue weighted by molar-refractivity contribution is 7.94. The fraction of sp³-hybridized carbons (Fsp3) is 0.125. The van der Waals surface area contributed by atoms with Gasteiger partial charge in [-0.3, -0.25) is 4.79 Å². The van der Waals surface area contributed by atoms with Gasteiger partial charge in [0.05, 0.1) is 5.75 Å². The second kappa shape index (κ2) is 9.49. The Balaban J connectivity index is 1.56. The first-order chi connectivity index (χ1) is 14.7. The van der Waals surface area contributed by atoms with E-state index in [1.165, 1.54) is 24.3 Å². The van der Waals surface area contributed by atoms with E-state index < -0.39 is 9.84 Å². The summed E-state index contributed by atoms with van der Waals surface area (Å²) in [5.41, 5.74) is 3.56. The van der Waals surface area contributed by atoms with Crippen molar-refractivity contribution in [3.05, 3.63) is 94.4 Å². The number of rotatable bonds is 7. The van der Waals surface area contributed by atoms with E-state index in [1.807, 2.05) is 19.1 Å². The number of hydrogen-bond acceptors (Lipinski definition) is 5. The fourth-order valence-electron chi connectivity index (χ4n) is 2.82. The maximum Gasteiger partial charge on any atom is 0.255 e. The summed E-state index contributed by atoms with van der Waals surface area (Å²) in [6.07, 6.45) is 1.69. The Morgan fingerprint density at radius 1 is 0.935 bits per heavy atom. The number of nitrogens with one attached hydrogen (secondary N) is 1. The lowest BCUT2D eigenvalue weighted by atomic mass is 10.1. The average Bonchev–Trinajstić information content (AvgIpc) is 2.75. The van der Waals surface area contributed by atoms with E-state index in [-0.39, 0.29) is 23.2 Å². The molecular weight excluding hydrogens is 414 g/mol. The van der Waals surface area contributed by atoms with Gasteiger partial charge in [0.2, 0.25) is 0 Å². The van der Waals surface area contributed by atoms with Gasteiger partial charge in [0.1, 0.15) is 0 Å². The number of benzene rings is 3. The predicted octanol–water partition coefficient (Wildman–Crippen LogP) is 4.29. The van der Waals surface area contributed by atoms with Gasteiger partial charge in [0.25, 0.3) is 5.91 Å². The molecule has 3 aromatic carbocycles. The minimum Gasteiger partial charge on any atom is -0.504 e. The zero-order valence-corrected chi connectivity index (χ0v) is 17.8. The van der Waals surface area contributed by atoms with Crippen LogP contribution in [0, 0.1) is 6.92 Å². The first-order valence-corrected chi connectivity index (χ1v) is 11.3. The third kappa shape index (κ3) is 6.45. The number of sulfone groups is 1. The summed E-state index contributed by atoms with van der Waals surface area (Å²) in [5, 5.41) is 22.7. The molecule has 0 bridgehead atoms. The van der Waals surface area contributed by atoms with Crippen LogP contribution in [-0.4, -0.2) is 30.3 Å². The topological polar surface area (TPSA) is 104 Å². The van der Waals surface area contributed by atoms with Gasteiger partial charge in [0, 0.05) is 16.7 Å². The van der Waals surface area contributed by atoms with Crippen LogP contribution in [0.1, 0.15) is 27.0 Å². The second-order valence-electron chi connectivity index (χ2n) is 7.18. The van der Waals surface area contributed by atoms with Crippen molar-refractivity contribution in [2.24, 2.45) is 0 Å². The Morgan fingerprint density at radius 3 is 2.26 bits per heavy atom. The van der Waals surface area contributed by atoms with Crippen LogP contribution in [0.25, 0.3) is 6.08 Å². The van der Waals surface area contributed by atoms with Gasteiger partial charge in [-0.1, -0.05) is 35.9 Å². The largest absolute Gasteiger partial charge is 0.504 e. The van der Waals surface area contributed by atoms with Crippen molar-refractivity contribution >= 4 is 27.5 Å². The third-order valence-electron chi connectivity index (χ3n) is 4.67. The molecule has 0 aliphatic carbocycles. The summed E-state index contributed by atoms with van der Waals surface area (Å²) in [6.45, 7) is 1.95. The van der Waals surface area contributed by atoms with E-state index >= 15 is 0 Å². The smallest absolute Gasteiger partial charge is 0.255 e.